The average Bonchev–Trinajstić information content (AvgIpc) is 2.46. The van der Waals surface area contributed by atoms with Gasteiger partial charge in [-0.1, -0.05) is 12.1 Å². The van der Waals surface area contributed by atoms with Crippen LogP contribution in [0.4, 0.5) is 5.69 Å². The predicted octanol–water partition coefficient (Wildman–Crippen LogP) is 2.42. The first-order valence-corrected chi connectivity index (χ1v) is 6.29. The van der Waals surface area contributed by atoms with Crippen LogP contribution in [0.25, 0.3) is 0 Å². The average molecular weight is 272 g/mol. The van der Waals surface area contributed by atoms with Crippen molar-refractivity contribution >= 4 is 11.7 Å². The Hall–Kier alpha value is -2.56. The molecule has 0 radical (unpaired) electrons. The van der Waals surface area contributed by atoms with Crippen molar-refractivity contribution in [2.75, 3.05) is 12.3 Å². The van der Waals surface area contributed by atoms with Crippen LogP contribution in [0.1, 0.15) is 22.8 Å². The molecule has 0 fully saturated rings. The zero-order valence-electron chi connectivity index (χ0n) is 11.2. The van der Waals surface area contributed by atoms with E-state index in [-0.39, 0.29) is 12.2 Å². The fourth-order valence-corrected chi connectivity index (χ4v) is 1.75. The number of hydrogen-bond donors (Lipinski definition) is 1. The Balaban J connectivity index is 2.13. The second-order valence-electron chi connectivity index (χ2n) is 4.09. The minimum atomic E-state index is -0.504. The third-order valence-corrected chi connectivity index (χ3v) is 2.66. The number of esters is 1. The molecule has 20 heavy (non-hydrogen) atoms. The smallest absolute Gasteiger partial charge is 0.344 e. The number of nitrogens with zero attached hydrogens (tertiary/aromatic N) is 1. The van der Waals surface area contributed by atoms with Crippen molar-refractivity contribution in [2.45, 2.75) is 13.5 Å². The molecule has 0 spiro atoms. The summed E-state index contributed by atoms with van der Waals surface area (Å²) in [6, 6.07) is 8.69. The van der Waals surface area contributed by atoms with Crippen molar-refractivity contribution in [1.82, 2.24) is 4.98 Å². The van der Waals surface area contributed by atoms with Gasteiger partial charge in [-0.15, -0.1) is 0 Å². The van der Waals surface area contributed by atoms with E-state index in [1.165, 1.54) is 0 Å². The van der Waals surface area contributed by atoms with E-state index in [0.29, 0.717) is 18.0 Å². The summed E-state index contributed by atoms with van der Waals surface area (Å²) < 4.78 is 10.6. The lowest BCUT2D eigenvalue weighted by Crippen LogP contribution is -2.11. The second kappa shape index (κ2) is 6.56. The van der Waals surface area contributed by atoms with Gasteiger partial charge in [-0.2, -0.15) is 0 Å². The molecule has 5 nitrogen and oxygen atoms in total. The van der Waals surface area contributed by atoms with Crippen LogP contribution in [-0.2, 0) is 11.3 Å². The van der Waals surface area contributed by atoms with E-state index in [1.54, 1.807) is 36.7 Å². The molecule has 2 aromatic rings. The molecule has 0 amide bonds. The highest BCUT2D eigenvalue weighted by Gasteiger charge is 2.17. The first kappa shape index (κ1) is 13.9. The number of nitrogens with two attached hydrogens (primary N) is 1. The standard InChI is InChI=1S/C15H16N2O3/c1-2-19-13-7-3-6-12(16)14(13)15(18)20-10-11-5-4-8-17-9-11/h3-9H,2,10,16H2,1H3. The van der Waals surface area contributed by atoms with Crippen molar-refractivity contribution < 1.29 is 14.3 Å². The zero-order chi connectivity index (χ0) is 14.4. The largest absolute Gasteiger partial charge is 0.493 e. The molecule has 5 heteroatoms. The third kappa shape index (κ3) is 3.26. The molecule has 1 aromatic carbocycles. The molecule has 0 bridgehead atoms. The molecule has 0 aliphatic carbocycles. The molecule has 0 unspecified atom stereocenters. The minimum absolute atomic E-state index is 0.145. The monoisotopic (exact) mass is 272 g/mol. The van der Waals surface area contributed by atoms with Crippen LogP contribution >= 0.6 is 0 Å². The van der Waals surface area contributed by atoms with Crippen LogP contribution in [0.3, 0.4) is 0 Å². The van der Waals surface area contributed by atoms with Crippen molar-refractivity contribution in [3.8, 4) is 5.75 Å². The number of aromatic nitrogens is 1. The minimum Gasteiger partial charge on any atom is -0.493 e. The number of rotatable bonds is 5. The van der Waals surface area contributed by atoms with E-state index in [2.05, 4.69) is 4.98 Å². The molecule has 0 saturated carbocycles. The lowest BCUT2D eigenvalue weighted by Gasteiger charge is -2.12. The summed E-state index contributed by atoms with van der Waals surface area (Å²) in [6.07, 6.45) is 3.30. The second-order valence-corrected chi connectivity index (χ2v) is 4.09. The van der Waals surface area contributed by atoms with Gasteiger partial charge < -0.3 is 15.2 Å². The van der Waals surface area contributed by atoms with Gasteiger partial charge in [-0.3, -0.25) is 4.98 Å². The maximum absolute atomic E-state index is 12.1. The summed E-state index contributed by atoms with van der Waals surface area (Å²) in [5.74, 6) is -0.0703. The summed E-state index contributed by atoms with van der Waals surface area (Å²) in [5, 5.41) is 0. The van der Waals surface area contributed by atoms with E-state index >= 15 is 0 Å². The topological polar surface area (TPSA) is 74.4 Å². The summed E-state index contributed by atoms with van der Waals surface area (Å²) >= 11 is 0. The van der Waals surface area contributed by atoms with Gasteiger partial charge in [0.15, 0.2) is 0 Å². The number of anilines is 1. The van der Waals surface area contributed by atoms with Gasteiger partial charge >= 0.3 is 5.97 Å². The summed E-state index contributed by atoms with van der Waals surface area (Å²) in [4.78, 5) is 16.1. The van der Waals surface area contributed by atoms with Crippen molar-refractivity contribution in [1.29, 1.82) is 0 Å². The lowest BCUT2D eigenvalue weighted by molar-refractivity contribution is 0.0469. The number of hydrogen-bond acceptors (Lipinski definition) is 5. The van der Waals surface area contributed by atoms with E-state index in [4.69, 9.17) is 15.2 Å². The summed E-state index contributed by atoms with van der Waals surface area (Å²) in [7, 11) is 0. The molecule has 0 saturated heterocycles. The van der Waals surface area contributed by atoms with Gasteiger partial charge in [0.05, 0.1) is 6.61 Å². The van der Waals surface area contributed by atoms with Crippen molar-refractivity contribution in [3.05, 3.63) is 53.9 Å². The maximum atomic E-state index is 12.1. The Labute approximate surface area is 117 Å². The third-order valence-electron chi connectivity index (χ3n) is 2.66. The molecule has 0 atom stereocenters. The van der Waals surface area contributed by atoms with Crippen molar-refractivity contribution in [3.63, 3.8) is 0 Å². The SMILES string of the molecule is CCOc1cccc(N)c1C(=O)OCc1cccnc1. The van der Waals surface area contributed by atoms with E-state index in [1.807, 2.05) is 13.0 Å². The number of carbonyl (C=O) groups is 1. The van der Waals surface area contributed by atoms with Crippen LogP contribution < -0.4 is 10.5 Å². The predicted molar refractivity (Wildman–Crippen MR) is 75.4 cm³/mol. The fraction of sp³-hybridized carbons (Fsp3) is 0.200. The van der Waals surface area contributed by atoms with Crippen LogP contribution in [0.15, 0.2) is 42.7 Å². The van der Waals surface area contributed by atoms with E-state index in [9.17, 15) is 4.79 Å². The van der Waals surface area contributed by atoms with Gasteiger partial charge in [0.2, 0.25) is 0 Å². The highest BCUT2D eigenvalue weighted by Crippen LogP contribution is 2.25. The van der Waals surface area contributed by atoms with Crippen LogP contribution in [-0.4, -0.2) is 17.6 Å². The van der Waals surface area contributed by atoms with Crippen LogP contribution in [0.5, 0.6) is 5.75 Å². The molecule has 2 N–H and O–H groups in total. The maximum Gasteiger partial charge on any atom is 0.344 e. The molecule has 0 aliphatic rings. The molecule has 104 valence electrons. The first-order valence-electron chi connectivity index (χ1n) is 6.29. The Morgan fingerprint density at radius 3 is 2.85 bits per heavy atom. The molecule has 0 aliphatic heterocycles. The molecule has 2 rings (SSSR count). The zero-order valence-corrected chi connectivity index (χ0v) is 11.2. The van der Waals surface area contributed by atoms with Gasteiger partial charge in [0.1, 0.15) is 17.9 Å². The molecular weight excluding hydrogens is 256 g/mol. The molecule has 1 aromatic heterocycles. The van der Waals surface area contributed by atoms with Crippen LogP contribution in [0.2, 0.25) is 0 Å². The van der Waals surface area contributed by atoms with E-state index in [0.717, 1.165) is 5.56 Å². The Morgan fingerprint density at radius 2 is 2.15 bits per heavy atom. The molecule has 1 heterocycles. The summed E-state index contributed by atoms with van der Waals surface area (Å²) in [5.41, 5.74) is 7.24. The number of nitrogen functional groups attached to an aromatic ring is 1. The van der Waals surface area contributed by atoms with Crippen molar-refractivity contribution in [2.24, 2.45) is 0 Å². The Kier molecular flexibility index (Phi) is 4.55. The number of carbonyl (C=O) groups excluding carboxylic acids is 1. The van der Waals surface area contributed by atoms with E-state index < -0.39 is 5.97 Å². The van der Waals surface area contributed by atoms with Gasteiger partial charge in [-0.05, 0) is 25.1 Å². The fourth-order valence-electron chi connectivity index (χ4n) is 1.75. The van der Waals surface area contributed by atoms with Gasteiger partial charge in [0.25, 0.3) is 0 Å². The van der Waals surface area contributed by atoms with Crippen LogP contribution in [0, 0.1) is 0 Å². The number of ether oxygens (including phenoxy) is 2. The highest BCUT2D eigenvalue weighted by atomic mass is 16.5. The first-order chi connectivity index (χ1) is 9.72. The number of benzene rings is 1. The quantitative estimate of drug-likeness (QED) is 0.668. The highest BCUT2D eigenvalue weighted by molar-refractivity contribution is 5.98. The molecular formula is C15H16N2O3. The van der Waals surface area contributed by atoms with Gasteiger partial charge in [0, 0.05) is 23.6 Å². The normalized spacial score (nSPS) is 10.1. The van der Waals surface area contributed by atoms with Gasteiger partial charge in [-0.25, -0.2) is 4.79 Å². The lowest BCUT2D eigenvalue weighted by atomic mass is 10.1. The number of pyridine rings is 1. The summed E-state index contributed by atoms with van der Waals surface area (Å²) in [6.45, 7) is 2.44. The Morgan fingerprint density at radius 1 is 1.30 bits per heavy atom. The Bertz CT molecular complexity index is 585.